The molecule has 3 rings (SSSR count). The van der Waals surface area contributed by atoms with Crippen LogP contribution in [0.2, 0.25) is 0 Å². The van der Waals surface area contributed by atoms with E-state index in [0.717, 1.165) is 4.31 Å². The van der Waals surface area contributed by atoms with Gasteiger partial charge in [-0.15, -0.1) is 16.1 Å². The Labute approximate surface area is 192 Å². The largest absolute Gasteiger partial charge is 1.00 e. The molecule has 0 spiro atoms. The summed E-state index contributed by atoms with van der Waals surface area (Å²) in [5, 5.41) is 11.2. The molecule has 2 fully saturated rings. The second-order valence-electron chi connectivity index (χ2n) is 6.52. The van der Waals surface area contributed by atoms with E-state index in [1.807, 2.05) is 0 Å². The Morgan fingerprint density at radius 3 is 2.57 bits per heavy atom. The van der Waals surface area contributed by atoms with E-state index in [2.05, 4.69) is 0 Å². The minimum Gasteiger partial charge on any atom is -0.588 e. The van der Waals surface area contributed by atoms with Gasteiger partial charge in [-0.3, -0.25) is 9.59 Å². The van der Waals surface area contributed by atoms with Crippen molar-refractivity contribution in [3.8, 4) is 0 Å². The SMILES string of the molecule is COCC1(C(=O)[O-])CS[C@@H]2C(N(C(C)=O)[S+]([O-])c3ccccc3)C(=O)N2C1.[Na+]. The van der Waals surface area contributed by atoms with E-state index in [9.17, 15) is 24.0 Å². The van der Waals surface area contributed by atoms with Gasteiger partial charge in [0.15, 0.2) is 10.9 Å². The summed E-state index contributed by atoms with van der Waals surface area (Å²) in [4.78, 5) is 38.3. The maximum atomic E-state index is 12.9. The van der Waals surface area contributed by atoms with Gasteiger partial charge in [-0.05, 0) is 12.1 Å². The van der Waals surface area contributed by atoms with Crippen LogP contribution in [0.3, 0.4) is 0 Å². The first-order valence-corrected chi connectivity index (χ1v) is 10.4. The number of hydrogen-bond donors (Lipinski definition) is 0. The van der Waals surface area contributed by atoms with Gasteiger partial charge in [-0.1, -0.05) is 18.2 Å². The van der Waals surface area contributed by atoms with Crippen molar-refractivity contribution in [3.63, 3.8) is 0 Å². The number of carboxylic acids is 1. The fourth-order valence-corrected chi connectivity index (χ4v) is 6.20. The molecule has 1 aromatic carbocycles. The Morgan fingerprint density at radius 2 is 2.04 bits per heavy atom. The Bertz CT molecular complexity index is 754. The summed E-state index contributed by atoms with van der Waals surface area (Å²) < 4.78 is 19.0. The molecule has 0 aliphatic carbocycles. The third kappa shape index (κ3) is 4.09. The number of fused-ring (bicyclic) bond motifs is 1. The standard InChI is InChI=1S/C17H20N2O6S2.Na/c1-11(20)19(27(24)12-6-4-3-5-7-12)13-14(21)18-8-17(9-25-2,16(22)23)10-26-15(13)18;/h3-7,13,15H,8-10H2,1-2H3,(H,22,23);/q;+1/p-1/t13?,15-,17?,27?;/m1./s1. The van der Waals surface area contributed by atoms with Crippen molar-refractivity contribution in [1.29, 1.82) is 0 Å². The summed E-state index contributed by atoms with van der Waals surface area (Å²) in [5.41, 5.74) is -1.30. The fraction of sp³-hybridized carbons (Fsp3) is 0.471. The number of ether oxygens (including phenoxy) is 1. The van der Waals surface area contributed by atoms with Crippen LogP contribution >= 0.6 is 11.8 Å². The number of methoxy groups -OCH3 is 1. The van der Waals surface area contributed by atoms with Crippen LogP contribution in [0.25, 0.3) is 0 Å². The number of rotatable bonds is 6. The summed E-state index contributed by atoms with van der Waals surface area (Å²) in [6, 6.07) is 7.53. The van der Waals surface area contributed by atoms with E-state index in [1.54, 1.807) is 30.3 Å². The first-order chi connectivity index (χ1) is 12.8. The normalized spacial score (nSPS) is 27.1. The van der Waals surface area contributed by atoms with Crippen LogP contribution in [0.5, 0.6) is 0 Å². The average Bonchev–Trinajstić information content (AvgIpc) is 2.66. The van der Waals surface area contributed by atoms with E-state index in [0.29, 0.717) is 4.90 Å². The van der Waals surface area contributed by atoms with Crippen LogP contribution < -0.4 is 34.7 Å². The Hall–Kier alpha value is -0.750. The molecule has 2 aliphatic rings. The first kappa shape index (κ1) is 23.5. The van der Waals surface area contributed by atoms with E-state index in [4.69, 9.17) is 4.74 Å². The number of carbonyl (C=O) groups is 3. The van der Waals surface area contributed by atoms with Gasteiger partial charge in [0.1, 0.15) is 16.7 Å². The molecule has 28 heavy (non-hydrogen) atoms. The second-order valence-corrected chi connectivity index (χ2v) is 8.99. The topological polar surface area (TPSA) is 113 Å². The molecule has 11 heteroatoms. The van der Waals surface area contributed by atoms with Gasteiger partial charge in [0.05, 0.1) is 18.0 Å². The zero-order chi connectivity index (χ0) is 19.8. The molecular weight excluding hydrogens is 415 g/mol. The monoisotopic (exact) mass is 434 g/mol. The van der Waals surface area contributed by atoms with Crippen LogP contribution in [0, 0.1) is 5.41 Å². The number of thioether (sulfide) groups is 1. The fourth-order valence-electron chi connectivity index (χ4n) is 3.30. The second kappa shape index (κ2) is 9.38. The van der Waals surface area contributed by atoms with Gasteiger partial charge in [0.25, 0.3) is 11.8 Å². The van der Waals surface area contributed by atoms with E-state index >= 15 is 0 Å². The number of hydrogen-bond acceptors (Lipinski definition) is 7. The minimum absolute atomic E-state index is 0. The molecule has 2 aliphatic heterocycles. The summed E-state index contributed by atoms with van der Waals surface area (Å²) in [7, 11) is 1.39. The van der Waals surface area contributed by atoms with Crippen molar-refractivity contribution in [2.45, 2.75) is 23.2 Å². The Balaban J connectivity index is 0.00000280. The summed E-state index contributed by atoms with van der Waals surface area (Å²) in [5.74, 6) is -2.00. The number of nitrogens with zero attached hydrogens (tertiary/aromatic N) is 2. The van der Waals surface area contributed by atoms with Crippen molar-refractivity contribution in [1.82, 2.24) is 9.21 Å². The van der Waals surface area contributed by atoms with E-state index in [1.165, 1.54) is 30.7 Å². The number of carboxylic acid groups (broad SMARTS) is 1. The van der Waals surface area contributed by atoms with Crippen molar-refractivity contribution < 1.29 is 58.3 Å². The zero-order valence-electron chi connectivity index (χ0n) is 15.8. The number of benzene rings is 1. The summed E-state index contributed by atoms with van der Waals surface area (Å²) in [6.45, 7) is 1.14. The van der Waals surface area contributed by atoms with Gasteiger partial charge < -0.3 is 24.1 Å². The maximum absolute atomic E-state index is 12.9. The van der Waals surface area contributed by atoms with Crippen LogP contribution in [0.1, 0.15) is 6.92 Å². The molecule has 2 saturated heterocycles. The Kier molecular flexibility index (Phi) is 7.88. The van der Waals surface area contributed by atoms with Gasteiger partial charge in [-0.25, -0.2) is 0 Å². The molecule has 0 aromatic heterocycles. The predicted octanol–water partition coefficient (Wildman–Crippen LogP) is -3.77. The number of β-lactam (4-membered cyclic amide) rings is 1. The molecule has 146 valence electrons. The molecule has 1 aromatic rings. The van der Waals surface area contributed by atoms with Crippen molar-refractivity contribution in [3.05, 3.63) is 30.3 Å². The number of aliphatic carboxylic acids is 1. The van der Waals surface area contributed by atoms with E-state index in [-0.39, 0.29) is 48.5 Å². The van der Waals surface area contributed by atoms with Crippen molar-refractivity contribution >= 4 is 40.9 Å². The molecule has 2 amide bonds. The molecule has 4 atom stereocenters. The summed E-state index contributed by atoms with van der Waals surface area (Å²) >= 11 is -0.593. The molecule has 0 saturated carbocycles. The van der Waals surface area contributed by atoms with Crippen molar-refractivity contribution in [2.75, 3.05) is 26.0 Å². The van der Waals surface area contributed by atoms with Crippen molar-refractivity contribution in [2.24, 2.45) is 5.41 Å². The molecule has 8 nitrogen and oxygen atoms in total. The smallest absolute Gasteiger partial charge is 0.588 e. The van der Waals surface area contributed by atoms with Crippen LogP contribution in [0.15, 0.2) is 35.2 Å². The third-order valence-electron chi connectivity index (χ3n) is 4.66. The minimum atomic E-state index is -1.83. The predicted molar refractivity (Wildman–Crippen MR) is 96.4 cm³/mol. The van der Waals surface area contributed by atoms with Crippen LogP contribution in [-0.4, -0.2) is 69.0 Å². The summed E-state index contributed by atoms with van der Waals surface area (Å²) in [6.07, 6.45) is 0. The third-order valence-corrected chi connectivity index (χ3v) is 7.75. The molecule has 0 radical (unpaired) electrons. The van der Waals surface area contributed by atoms with Crippen LogP contribution in [-0.2, 0) is 30.5 Å². The average molecular weight is 434 g/mol. The molecule has 0 bridgehead atoms. The van der Waals surface area contributed by atoms with Gasteiger partial charge in [-0.2, -0.15) is 0 Å². The van der Waals surface area contributed by atoms with Gasteiger partial charge in [0, 0.05) is 26.3 Å². The maximum Gasteiger partial charge on any atom is 1.00 e. The molecule has 3 unspecified atom stereocenters. The van der Waals surface area contributed by atoms with Gasteiger partial charge >= 0.3 is 29.6 Å². The van der Waals surface area contributed by atoms with Gasteiger partial charge in [0.2, 0.25) is 0 Å². The molecular formula is C17H19N2NaO6S2. The van der Waals surface area contributed by atoms with Crippen LogP contribution in [0.4, 0.5) is 0 Å². The quantitative estimate of drug-likeness (QED) is 0.257. The first-order valence-electron chi connectivity index (χ1n) is 8.21. The number of amides is 2. The van der Waals surface area contributed by atoms with E-state index < -0.39 is 46.0 Å². The Morgan fingerprint density at radius 1 is 1.39 bits per heavy atom. The molecule has 2 heterocycles. The zero-order valence-corrected chi connectivity index (χ0v) is 19.5. The number of carbonyl (C=O) groups excluding carboxylic acids is 3. The molecule has 0 N–H and O–H groups in total.